The van der Waals surface area contributed by atoms with E-state index in [1.54, 1.807) is 0 Å². The standard InChI is InChI=1S/C11H22N/c1-4-5-11-6-8-12(9-7-11)10(2)3/h10-11H,1,4-9H2,2-3H3. The van der Waals surface area contributed by atoms with Crippen molar-refractivity contribution in [1.82, 2.24) is 4.90 Å². The molecule has 1 radical (unpaired) electrons. The van der Waals surface area contributed by atoms with Crippen LogP contribution in [0, 0.1) is 12.8 Å². The molecule has 1 aliphatic rings. The Morgan fingerprint density at radius 3 is 2.33 bits per heavy atom. The fourth-order valence-corrected chi connectivity index (χ4v) is 2.05. The number of hydrogen-bond acceptors (Lipinski definition) is 1. The lowest BCUT2D eigenvalue weighted by molar-refractivity contribution is 0.146. The largest absolute Gasteiger partial charge is 0.301 e. The van der Waals surface area contributed by atoms with Crippen molar-refractivity contribution in [3.8, 4) is 0 Å². The fourth-order valence-electron chi connectivity index (χ4n) is 2.05. The summed E-state index contributed by atoms with van der Waals surface area (Å²) in [5.41, 5.74) is 0. The third kappa shape index (κ3) is 2.78. The molecule has 0 bridgehead atoms. The van der Waals surface area contributed by atoms with Crippen molar-refractivity contribution in [2.24, 2.45) is 5.92 Å². The minimum absolute atomic E-state index is 0.741. The van der Waals surface area contributed by atoms with Gasteiger partial charge in [0, 0.05) is 6.04 Å². The summed E-state index contributed by atoms with van der Waals surface area (Å²) in [7, 11) is 0. The predicted octanol–water partition coefficient (Wildman–Crippen LogP) is 2.72. The van der Waals surface area contributed by atoms with Crippen molar-refractivity contribution in [2.75, 3.05) is 13.1 Å². The van der Waals surface area contributed by atoms with Crippen molar-refractivity contribution >= 4 is 0 Å². The van der Waals surface area contributed by atoms with Crippen molar-refractivity contribution in [1.29, 1.82) is 0 Å². The molecule has 0 unspecified atom stereocenters. The van der Waals surface area contributed by atoms with Crippen LogP contribution in [0.3, 0.4) is 0 Å². The molecule has 0 atom stereocenters. The van der Waals surface area contributed by atoms with Gasteiger partial charge in [-0.3, -0.25) is 0 Å². The first-order valence-corrected chi connectivity index (χ1v) is 5.27. The smallest absolute Gasteiger partial charge is 0.00385 e. The maximum atomic E-state index is 3.92. The number of hydrogen-bond donors (Lipinski definition) is 0. The Labute approximate surface area is 77.1 Å². The molecular weight excluding hydrogens is 146 g/mol. The summed E-state index contributed by atoms with van der Waals surface area (Å²) in [6.07, 6.45) is 5.25. The van der Waals surface area contributed by atoms with Crippen LogP contribution in [0.2, 0.25) is 0 Å². The van der Waals surface area contributed by atoms with Gasteiger partial charge in [0.1, 0.15) is 0 Å². The van der Waals surface area contributed by atoms with Gasteiger partial charge in [-0.05, 0) is 45.7 Å². The van der Waals surface area contributed by atoms with Gasteiger partial charge in [0.2, 0.25) is 0 Å². The maximum absolute atomic E-state index is 3.92. The van der Waals surface area contributed by atoms with E-state index in [9.17, 15) is 0 Å². The van der Waals surface area contributed by atoms with E-state index < -0.39 is 0 Å². The molecule has 12 heavy (non-hydrogen) atoms. The Morgan fingerprint density at radius 1 is 1.33 bits per heavy atom. The molecule has 1 nitrogen and oxygen atoms in total. The van der Waals surface area contributed by atoms with Crippen molar-refractivity contribution in [3.63, 3.8) is 0 Å². The second kappa shape index (κ2) is 4.86. The van der Waals surface area contributed by atoms with Gasteiger partial charge >= 0.3 is 0 Å². The van der Waals surface area contributed by atoms with Gasteiger partial charge < -0.3 is 4.90 Å². The van der Waals surface area contributed by atoms with Crippen LogP contribution in [-0.4, -0.2) is 24.0 Å². The van der Waals surface area contributed by atoms with E-state index in [2.05, 4.69) is 25.7 Å². The molecule has 0 spiro atoms. The quantitative estimate of drug-likeness (QED) is 0.626. The Kier molecular flexibility index (Phi) is 4.07. The highest BCUT2D eigenvalue weighted by molar-refractivity contribution is 4.74. The van der Waals surface area contributed by atoms with Gasteiger partial charge in [-0.1, -0.05) is 19.8 Å². The molecule has 0 saturated carbocycles. The van der Waals surface area contributed by atoms with E-state index in [-0.39, 0.29) is 0 Å². The molecule has 0 aromatic rings. The predicted molar refractivity (Wildman–Crippen MR) is 54.0 cm³/mol. The van der Waals surface area contributed by atoms with Crippen molar-refractivity contribution in [3.05, 3.63) is 6.92 Å². The zero-order valence-electron chi connectivity index (χ0n) is 8.55. The van der Waals surface area contributed by atoms with Crippen LogP contribution in [0.25, 0.3) is 0 Å². The topological polar surface area (TPSA) is 3.24 Å². The molecule has 1 rings (SSSR count). The molecule has 1 heteroatoms. The molecule has 1 saturated heterocycles. The molecule has 0 amide bonds. The molecule has 0 N–H and O–H groups in total. The van der Waals surface area contributed by atoms with E-state index in [1.165, 1.54) is 32.4 Å². The van der Waals surface area contributed by atoms with Crippen molar-refractivity contribution in [2.45, 2.75) is 45.6 Å². The summed E-state index contributed by atoms with van der Waals surface area (Å²) in [5, 5.41) is 0. The van der Waals surface area contributed by atoms with Gasteiger partial charge in [0.15, 0.2) is 0 Å². The Balaban J connectivity index is 2.20. The minimum atomic E-state index is 0.741. The van der Waals surface area contributed by atoms with Gasteiger partial charge in [0.25, 0.3) is 0 Å². The zero-order chi connectivity index (χ0) is 8.97. The summed E-state index contributed by atoms with van der Waals surface area (Å²) < 4.78 is 0. The Hall–Kier alpha value is -0.0400. The third-order valence-corrected chi connectivity index (χ3v) is 2.99. The highest BCUT2D eigenvalue weighted by atomic mass is 15.1. The summed E-state index contributed by atoms with van der Waals surface area (Å²) in [6, 6.07) is 0.741. The van der Waals surface area contributed by atoms with E-state index in [4.69, 9.17) is 0 Å². The van der Waals surface area contributed by atoms with E-state index in [0.717, 1.165) is 18.4 Å². The van der Waals surface area contributed by atoms with E-state index in [0.29, 0.717) is 0 Å². The average molecular weight is 168 g/mol. The summed E-state index contributed by atoms with van der Waals surface area (Å²) in [6.45, 7) is 11.1. The zero-order valence-corrected chi connectivity index (χ0v) is 8.55. The van der Waals surface area contributed by atoms with Crippen LogP contribution in [-0.2, 0) is 0 Å². The molecule has 1 heterocycles. The first-order chi connectivity index (χ1) is 5.74. The van der Waals surface area contributed by atoms with Gasteiger partial charge in [-0.2, -0.15) is 0 Å². The van der Waals surface area contributed by atoms with E-state index >= 15 is 0 Å². The first kappa shape index (κ1) is 10.0. The van der Waals surface area contributed by atoms with Gasteiger partial charge in [-0.15, -0.1) is 0 Å². The average Bonchev–Trinajstić information content (AvgIpc) is 2.06. The lowest BCUT2D eigenvalue weighted by atomic mass is 9.92. The number of rotatable bonds is 3. The van der Waals surface area contributed by atoms with Crippen LogP contribution < -0.4 is 0 Å². The minimum Gasteiger partial charge on any atom is -0.301 e. The normalized spacial score (nSPS) is 22.0. The highest BCUT2D eigenvalue weighted by Gasteiger charge is 2.19. The second-order valence-corrected chi connectivity index (χ2v) is 4.22. The molecule has 0 aromatic carbocycles. The maximum Gasteiger partial charge on any atom is 0.00385 e. The van der Waals surface area contributed by atoms with Crippen molar-refractivity contribution < 1.29 is 0 Å². The molecule has 71 valence electrons. The first-order valence-electron chi connectivity index (χ1n) is 5.27. The van der Waals surface area contributed by atoms with Crippen LogP contribution in [0.1, 0.15) is 39.5 Å². The third-order valence-electron chi connectivity index (χ3n) is 2.99. The number of piperidine rings is 1. The lowest BCUT2D eigenvalue weighted by Gasteiger charge is -2.34. The number of likely N-dealkylation sites (tertiary alicyclic amines) is 1. The summed E-state index contributed by atoms with van der Waals surface area (Å²) >= 11 is 0. The number of nitrogens with zero attached hydrogens (tertiary/aromatic N) is 1. The molecule has 1 aliphatic heterocycles. The van der Waals surface area contributed by atoms with Crippen LogP contribution in [0.5, 0.6) is 0 Å². The molecule has 0 aromatic heterocycles. The highest BCUT2D eigenvalue weighted by Crippen LogP contribution is 2.22. The SMILES string of the molecule is [CH2]CCC1CCN(C(C)C)CC1. The van der Waals surface area contributed by atoms with E-state index in [1.807, 2.05) is 0 Å². The summed E-state index contributed by atoms with van der Waals surface area (Å²) in [5.74, 6) is 0.970. The van der Waals surface area contributed by atoms with Crippen LogP contribution in [0.15, 0.2) is 0 Å². The summed E-state index contributed by atoms with van der Waals surface area (Å²) in [4.78, 5) is 2.58. The van der Waals surface area contributed by atoms with Crippen LogP contribution in [0.4, 0.5) is 0 Å². The molecule has 1 fully saturated rings. The lowest BCUT2D eigenvalue weighted by Crippen LogP contribution is -2.38. The molecule has 0 aliphatic carbocycles. The fraction of sp³-hybridized carbons (Fsp3) is 0.909. The second-order valence-electron chi connectivity index (χ2n) is 4.22. The van der Waals surface area contributed by atoms with Gasteiger partial charge in [0.05, 0.1) is 0 Å². The van der Waals surface area contributed by atoms with Crippen LogP contribution >= 0.6 is 0 Å². The Morgan fingerprint density at radius 2 is 1.92 bits per heavy atom. The molecular formula is C11H22N. The Bertz CT molecular complexity index is 112. The van der Waals surface area contributed by atoms with Gasteiger partial charge in [-0.25, -0.2) is 0 Å². The monoisotopic (exact) mass is 168 g/mol.